The fraction of sp³-hybridized carbons (Fsp3) is 0.875. The molecule has 1 fully saturated rings. The van der Waals surface area contributed by atoms with Crippen molar-refractivity contribution in [2.75, 3.05) is 6.54 Å². The molecule has 1 aliphatic rings. The Bertz CT molecular complexity index is 214. The highest BCUT2D eigenvalue weighted by Crippen LogP contribution is 2.36. The van der Waals surface area contributed by atoms with Crippen molar-refractivity contribution in [3.63, 3.8) is 0 Å². The molecule has 0 aliphatic carbocycles. The molecule has 0 spiro atoms. The molecule has 76 valence electrons. The molecule has 1 saturated heterocycles. The van der Waals surface area contributed by atoms with Crippen molar-refractivity contribution in [2.24, 2.45) is 0 Å². The summed E-state index contributed by atoms with van der Waals surface area (Å²) in [5.74, 6) is 0. The van der Waals surface area contributed by atoms with Gasteiger partial charge in [0, 0.05) is 0 Å². The van der Waals surface area contributed by atoms with E-state index in [9.17, 15) is 5.11 Å². The lowest BCUT2D eigenvalue weighted by molar-refractivity contribution is 0.529. The topological polar surface area (TPSA) is 23.5 Å². The highest BCUT2D eigenvalue weighted by molar-refractivity contribution is 7.80. The summed E-state index contributed by atoms with van der Waals surface area (Å²) in [5.41, 5.74) is 0. The molecule has 1 N–H and O–H groups in total. The number of nitrogens with zero attached hydrogens (tertiary/aromatic N) is 1. The van der Waals surface area contributed by atoms with Crippen molar-refractivity contribution >= 4 is 33.7 Å². The summed E-state index contributed by atoms with van der Waals surface area (Å²) < 4.78 is 2.57. The first-order valence-corrected chi connectivity index (χ1v) is 11.5. The molecular weight excluding hydrogens is 214 g/mol. The zero-order valence-electron chi connectivity index (χ0n) is 8.92. The Hall–Kier alpha value is 0.284. The molecule has 1 aliphatic heterocycles. The van der Waals surface area contributed by atoms with Crippen molar-refractivity contribution in [2.45, 2.75) is 38.3 Å². The third-order valence-corrected chi connectivity index (χ3v) is 13.6. The first-order valence-electron chi connectivity index (χ1n) is 4.75. The van der Waals surface area contributed by atoms with Gasteiger partial charge in [-0.05, 0) is 24.3 Å². The second-order valence-electron chi connectivity index (χ2n) is 5.10. The Morgan fingerprint density at radius 1 is 1.23 bits per heavy atom. The summed E-state index contributed by atoms with van der Waals surface area (Å²) in [4.78, 5) is 0. The summed E-state index contributed by atoms with van der Waals surface area (Å²) in [6.07, 6.45) is 0. The van der Waals surface area contributed by atoms with Gasteiger partial charge in [0.1, 0.15) is 16.5 Å². The number of thiocarbonyl (C=S) groups is 1. The lowest BCUT2D eigenvalue weighted by Gasteiger charge is -2.37. The van der Waals surface area contributed by atoms with E-state index >= 15 is 0 Å². The summed E-state index contributed by atoms with van der Waals surface area (Å²) in [6, 6.07) is 2.74. The summed E-state index contributed by atoms with van der Waals surface area (Å²) in [7, 11) is -2.44. The first kappa shape index (κ1) is 11.4. The molecule has 0 aromatic carbocycles. The molecule has 0 amide bonds. The summed E-state index contributed by atoms with van der Waals surface area (Å²) in [6.45, 7) is 10.2. The highest BCUT2D eigenvalue weighted by Gasteiger charge is 2.47. The number of hydrogen-bond acceptors (Lipinski definition) is 2. The third kappa shape index (κ3) is 2.40. The van der Waals surface area contributed by atoms with Crippen LogP contribution >= 0.6 is 12.2 Å². The van der Waals surface area contributed by atoms with E-state index in [-0.39, 0.29) is 5.05 Å². The molecular formula is C8H19NOSSi2. The van der Waals surface area contributed by atoms with E-state index < -0.39 is 16.5 Å². The van der Waals surface area contributed by atoms with E-state index in [4.69, 9.17) is 12.2 Å². The Labute approximate surface area is 88.1 Å². The lowest BCUT2D eigenvalue weighted by Crippen LogP contribution is -2.56. The van der Waals surface area contributed by atoms with Gasteiger partial charge in [0.25, 0.3) is 0 Å². The molecule has 0 aromatic rings. The number of rotatable bonds is 2. The third-order valence-electron chi connectivity index (χ3n) is 3.10. The van der Waals surface area contributed by atoms with Gasteiger partial charge in [0.15, 0.2) is 5.05 Å². The second-order valence-corrected chi connectivity index (χ2v) is 15.4. The average molecular weight is 233 g/mol. The number of hydrogen-bond donors (Lipinski definition) is 1. The molecule has 5 heteroatoms. The van der Waals surface area contributed by atoms with E-state index in [2.05, 4.69) is 30.4 Å². The van der Waals surface area contributed by atoms with Gasteiger partial charge < -0.3 is 9.34 Å². The molecule has 1 rings (SSSR count). The molecule has 0 bridgehead atoms. The molecule has 13 heavy (non-hydrogen) atoms. The van der Waals surface area contributed by atoms with Gasteiger partial charge in [0.05, 0.1) is 6.54 Å². The maximum Gasteiger partial charge on any atom is 0.169 e. The van der Waals surface area contributed by atoms with Crippen molar-refractivity contribution in [3.05, 3.63) is 0 Å². The molecule has 1 heterocycles. The van der Waals surface area contributed by atoms with Gasteiger partial charge in [-0.1, -0.05) is 26.2 Å². The lowest BCUT2D eigenvalue weighted by atomic mass is 10.7. The molecule has 0 radical (unpaired) electrons. The van der Waals surface area contributed by atoms with Crippen LogP contribution in [-0.2, 0) is 0 Å². The van der Waals surface area contributed by atoms with Crippen molar-refractivity contribution < 1.29 is 5.11 Å². The van der Waals surface area contributed by atoms with Crippen LogP contribution in [0.15, 0.2) is 0 Å². The van der Waals surface area contributed by atoms with Crippen LogP contribution in [0.5, 0.6) is 0 Å². The monoisotopic (exact) mass is 233 g/mol. The van der Waals surface area contributed by atoms with Crippen molar-refractivity contribution in [3.8, 4) is 0 Å². The van der Waals surface area contributed by atoms with E-state index in [0.717, 1.165) is 0 Å². The minimum Gasteiger partial charge on any atom is -0.501 e. The Balaban J connectivity index is 2.81. The molecule has 2 nitrogen and oxygen atoms in total. The van der Waals surface area contributed by atoms with Gasteiger partial charge >= 0.3 is 0 Å². The fourth-order valence-corrected chi connectivity index (χ4v) is 16.4. The van der Waals surface area contributed by atoms with Crippen LogP contribution in [0.3, 0.4) is 0 Å². The quantitative estimate of drug-likeness (QED) is 0.586. The zero-order chi connectivity index (χ0) is 10.3. The summed E-state index contributed by atoms with van der Waals surface area (Å²) >= 11 is 4.80. The minimum atomic E-state index is -1.22. The summed E-state index contributed by atoms with van der Waals surface area (Å²) in [5, 5.41) is 9.38. The number of aliphatic hydroxyl groups is 1. The SMILES string of the molecule is C[Si]1(C)CC[Si](C)(C)N1CC(O)=S. The predicted molar refractivity (Wildman–Crippen MR) is 66.5 cm³/mol. The van der Waals surface area contributed by atoms with Crippen LogP contribution in [0.2, 0.25) is 38.3 Å². The van der Waals surface area contributed by atoms with E-state index in [1.165, 1.54) is 12.1 Å². The fourth-order valence-electron chi connectivity index (χ4n) is 2.26. The Morgan fingerprint density at radius 3 is 1.92 bits per heavy atom. The standard InChI is InChI=1S/C8H19NOSSi2/c1-12(2)5-6-13(3,4)9(12)7-8(10)11/h5-7H2,1-4H3,(H,10,11). The molecule has 0 atom stereocenters. The van der Waals surface area contributed by atoms with Crippen LogP contribution < -0.4 is 0 Å². The van der Waals surface area contributed by atoms with Gasteiger partial charge in [-0.25, -0.2) is 0 Å². The van der Waals surface area contributed by atoms with Gasteiger partial charge in [0.2, 0.25) is 0 Å². The largest absolute Gasteiger partial charge is 0.501 e. The van der Waals surface area contributed by atoms with Crippen LogP contribution in [0.4, 0.5) is 0 Å². The van der Waals surface area contributed by atoms with Crippen molar-refractivity contribution in [1.29, 1.82) is 0 Å². The van der Waals surface area contributed by atoms with E-state index in [1.807, 2.05) is 0 Å². The molecule has 0 aromatic heterocycles. The minimum absolute atomic E-state index is 0.169. The van der Waals surface area contributed by atoms with Gasteiger partial charge in [-0.3, -0.25) is 0 Å². The maximum absolute atomic E-state index is 9.21. The Kier molecular flexibility index (Phi) is 3.02. The van der Waals surface area contributed by atoms with E-state index in [1.54, 1.807) is 0 Å². The van der Waals surface area contributed by atoms with Gasteiger partial charge in [-0.2, -0.15) is 0 Å². The highest BCUT2D eigenvalue weighted by atomic mass is 32.1. The van der Waals surface area contributed by atoms with Crippen LogP contribution in [-0.4, -0.2) is 37.4 Å². The first-order chi connectivity index (χ1) is 5.76. The van der Waals surface area contributed by atoms with Gasteiger partial charge in [-0.15, -0.1) is 0 Å². The van der Waals surface area contributed by atoms with Crippen LogP contribution in [0.25, 0.3) is 0 Å². The maximum atomic E-state index is 9.21. The zero-order valence-corrected chi connectivity index (χ0v) is 11.7. The predicted octanol–water partition coefficient (Wildman–Crippen LogP) is 2.60. The number of aliphatic hydroxyl groups excluding tert-OH is 1. The molecule has 0 unspecified atom stereocenters. The van der Waals surface area contributed by atoms with Crippen LogP contribution in [0.1, 0.15) is 0 Å². The normalized spacial score (nSPS) is 26.2. The van der Waals surface area contributed by atoms with Crippen molar-refractivity contribution in [1.82, 2.24) is 4.23 Å². The molecule has 0 saturated carbocycles. The average Bonchev–Trinajstić information content (AvgIpc) is 2.12. The van der Waals surface area contributed by atoms with Crippen LogP contribution in [0, 0.1) is 0 Å². The Morgan fingerprint density at radius 2 is 1.62 bits per heavy atom. The van der Waals surface area contributed by atoms with E-state index in [0.29, 0.717) is 6.54 Å². The smallest absolute Gasteiger partial charge is 0.169 e. The second kappa shape index (κ2) is 3.45.